The van der Waals surface area contributed by atoms with Crippen LogP contribution in [0.5, 0.6) is 0 Å². The summed E-state index contributed by atoms with van der Waals surface area (Å²) in [5.41, 5.74) is 0. The summed E-state index contributed by atoms with van der Waals surface area (Å²) in [5.74, 6) is 9.28. The van der Waals surface area contributed by atoms with Crippen LogP contribution in [0.25, 0.3) is 0 Å². The molecule has 0 aromatic rings. The number of allylic oxidation sites excluding steroid dienone is 2. The summed E-state index contributed by atoms with van der Waals surface area (Å²) in [6, 6.07) is 0. The number of rotatable bonds is 6. The minimum absolute atomic E-state index is 0.316. The Morgan fingerprint density at radius 3 is 2.14 bits per heavy atom. The van der Waals surface area contributed by atoms with Crippen LogP contribution in [-0.2, 0) is 23.7 Å². The molecule has 0 radical (unpaired) electrons. The first-order valence-corrected chi connectivity index (χ1v) is 11.3. The molecule has 11 unspecified atom stereocenters. The lowest BCUT2D eigenvalue weighted by Crippen LogP contribution is -2.65. The highest BCUT2D eigenvalue weighted by molar-refractivity contribution is 5.32. The molecule has 3 aliphatic heterocycles. The van der Waals surface area contributed by atoms with Gasteiger partial charge in [0.15, 0.2) is 12.6 Å². The predicted octanol–water partition coefficient (Wildman–Crippen LogP) is -3.28. The van der Waals surface area contributed by atoms with E-state index in [1.165, 1.54) is 0 Å². The van der Waals surface area contributed by atoms with Crippen LogP contribution in [0.15, 0.2) is 12.2 Å². The second-order valence-electron chi connectivity index (χ2n) is 8.35. The molecular formula is C23H32O12. The van der Waals surface area contributed by atoms with Gasteiger partial charge in [-0.25, -0.2) is 0 Å². The van der Waals surface area contributed by atoms with E-state index >= 15 is 0 Å². The first-order valence-electron chi connectivity index (χ1n) is 11.3. The zero-order valence-corrected chi connectivity index (χ0v) is 19.1. The molecule has 12 nitrogen and oxygen atoms in total. The SMILES string of the molecule is CC=CC#CC#CC1(OC2OC(CO)C(O)C(O)C2OC2OC(CO)C(O)C(O)C2O)CCCO1. The quantitative estimate of drug-likeness (QED) is 0.181. The molecule has 7 N–H and O–H groups in total. The topological polar surface area (TPSA) is 188 Å². The van der Waals surface area contributed by atoms with Crippen LogP contribution < -0.4 is 0 Å². The van der Waals surface area contributed by atoms with Gasteiger partial charge in [-0.05, 0) is 37.2 Å². The van der Waals surface area contributed by atoms with Crippen molar-refractivity contribution in [1.29, 1.82) is 0 Å². The molecule has 11 atom stereocenters. The maximum atomic E-state index is 10.7. The number of ether oxygens (including phenoxy) is 5. The highest BCUT2D eigenvalue weighted by Crippen LogP contribution is 2.35. The number of aliphatic hydroxyl groups is 7. The van der Waals surface area contributed by atoms with Crippen molar-refractivity contribution in [3.05, 3.63) is 12.2 Å². The van der Waals surface area contributed by atoms with Gasteiger partial charge in [0.1, 0.15) is 48.8 Å². The van der Waals surface area contributed by atoms with Crippen molar-refractivity contribution in [3.8, 4) is 23.7 Å². The van der Waals surface area contributed by atoms with Crippen LogP contribution >= 0.6 is 0 Å². The number of aliphatic hydroxyl groups excluding tert-OH is 7. The lowest BCUT2D eigenvalue weighted by molar-refractivity contribution is -0.388. The Bertz CT molecular complexity index is 833. The normalized spacial score (nSPS) is 43.9. The Kier molecular flexibility index (Phi) is 10.0. The van der Waals surface area contributed by atoms with E-state index in [2.05, 4.69) is 23.7 Å². The maximum absolute atomic E-state index is 10.7. The molecule has 3 saturated heterocycles. The lowest BCUT2D eigenvalue weighted by Gasteiger charge is -2.46. The zero-order valence-electron chi connectivity index (χ0n) is 19.1. The van der Waals surface area contributed by atoms with E-state index in [1.54, 1.807) is 19.1 Å². The van der Waals surface area contributed by atoms with E-state index in [9.17, 15) is 35.7 Å². The molecule has 0 aliphatic carbocycles. The maximum Gasteiger partial charge on any atom is 0.236 e. The second-order valence-corrected chi connectivity index (χ2v) is 8.35. The fourth-order valence-electron chi connectivity index (χ4n) is 3.94. The van der Waals surface area contributed by atoms with Gasteiger partial charge >= 0.3 is 0 Å². The number of hydrogen-bond acceptors (Lipinski definition) is 12. The van der Waals surface area contributed by atoms with E-state index in [4.69, 9.17) is 23.7 Å². The fourth-order valence-corrected chi connectivity index (χ4v) is 3.94. The van der Waals surface area contributed by atoms with Crippen molar-refractivity contribution >= 4 is 0 Å². The van der Waals surface area contributed by atoms with E-state index in [0.29, 0.717) is 19.4 Å². The second kappa shape index (κ2) is 12.6. The Morgan fingerprint density at radius 1 is 0.886 bits per heavy atom. The summed E-state index contributed by atoms with van der Waals surface area (Å²) in [5, 5.41) is 70.5. The molecule has 0 bridgehead atoms. The average molecular weight is 500 g/mol. The third-order valence-electron chi connectivity index (χ3n) is 5.89. The molecule has 0 aromatic carbocycles. The fraction of sp³-hybridized carbons (Fsp3) is 0.739. The molecule has 12 heteroatoms. The molecule has 196 valence electrons. The molecular weight excluding hydrogens is 468 g/mol. The minimum Gasteiger partial charge on any atom is -0.394 e. The van der Waals surface area contributed by atoms with Gasteiger partial charge in [0.2, 0.25) is 5.79 Å². The molecule has 0 spiro atoms. The molecule has 3 heterocycles. The Hall–Kier alpha value is -1.62. The minimum atomic E-state index is -1.77. The predicted molar refractivity (Wildman–Crippen MR) is 116 cm³/mol. The van der Waals surface area contributed by atoms with Crippen molar-refractivity contribution in [2.24, 2.45) is 0 Å². The standard InChI is InChI=1S/C23H32O12/c1-2-3-4-5-6-8-23(9-7-10-31-23)35-22-20(18(29)16(27)14(12-25)33-22)34-21-19(30)17(28)15(26)13(11-24)32-21/h2-3,13-22,24-30H,7,9-12H2,1H3. The Balaban J connectivity index is 1.86. The van der Waals surface area contributed by atoms with Gasteiger partial charge in [-0.2, -0.15) is 0 Å². The van der Waals surface area contributed by atoms with Gasteiger partial charge in [0.05, 0.1) is 19.8 Å². The van der Waals surface area contributed by atoms with Crippen molar-refractivity contribution in [2.45, 2.75) is 87.0 Å². The lowest BCUT2D eigenvalue weighted by atomic mass is 9.97. The van der Waals surface area contributed by atoms with Crippen molar-refractivity contribution in [3.63, 3.8) is 0 Å². The first kappa shape index (κ1) is 28.0. The summed E-state index contributed by atoms with van der Waals surface area (Å²) in [4.78, 5) is 0. The van der Waals surface area contributed by atoms with Gasteiger partial charge in [-0.1, -0.05) is 12.0 Å². The molecule has 3 aliphatic rings. The van der Waals surface area contributed by atoms with E-state index in [1.807, 2.05) is 0 Å². The van der Waals surface area contributed by atoms with Gasteiger partial charge in [-0.3, -0.25) is 0 Å². The van der Waals surface area contributed by atoms with Crippen LogP contribution in [0.4, 0.5) is 0 Å². The Morgan fingerprint density at radius 2 is 1.54 bits per heavy atom. The molecule has 3 fully saturated rings. The third-order valence-corrected chi connectivity index (χ3v) is 5.89. The highest BCUT2D eigenvalue weighted by atomic mass is 16.8. The third kappa shape index (κ3) is 6.39. The van der Waals surface area contributed by atoms with Crippen LogP contribution in [0.2, 0.25) is 0 Å². The Labute approximate surface area is 202 Å². The molecule has 35 heavy (non-hydrogen) atoms. The van der Waals surface area contributed by atoms with Crippen LogP contribution in [0, 0.1) is 23.7 Å². The molecule has 0 aromatic heterocycles. The summed E-state index contributed by atoms with van der Waals surface area (Å²) in [6.45, 7) is 0.778. The van der Waals surface area contributed by atoms with Crippen molar-refractivity contribution < 1.29 is 59.4 Å². The van der Waals surface area contributed by atoms with E-state index in [0.717, 1.165) is 0 Å². The van der Waals surface area contributed by atoms with Gasteiger partial charge < -0.3 is 59.4 Å². The highest BCUT2D eigenvalue weighted by Gasteiger charge is 2.53. The smallest absolute Gasteiger partial charge is 0.236 e. The van der Waals surface area contributed by atoms with E-state index in [-0.39, 0.29) is 0 Å². The molecule has 0 amide bonds. The summed E-state index contributed by atoms with van der Waals surface area (Å²) in [6.07, 6.45) is -11.3. The summed E-state index contributed by atoms with van der Waals surface area (Å²) in [7, 11) is 0. The van der Waals surface area contributed by atoms with Crippen molar-refractivity contribution in [2.75, 3.05) is 19.8 Å². The molecule has 3 rings (SSSR count). The van der Waals surface area contributed by atoms with Crippen LogP contribution in [0.1, 0.15) is 19.8 Å². The van der Waals surface area contributed by atoms with Gasteiger partial charge in [-0.15, -0.1) is 0 Å². The van der Waals surface area contributed by atoms with Crippen LogP contribution in [-0.4, -0.2) is 123 Å². The van der Waals surface area contributed by atoms with E-state index < -0.39 is 80.4 Å². The van der Waals surface area contributed by atoms with Crippen LogP contribution in [0.3, 0.4) is 0 Å². The molecule has 0 saturated carbocycles. The largest absolute Gasteiger partial charge is 0.394 e. The van der Waals surface area contributed by atoms with Crippen molar-refractivity contribution in [1.82, 2.24) is 0 Å². The summed E-state index contributed by atoms with van der Waals surface area (Å²) >= 11 is 0. The first-order chi connectivity index (χ1) is 16.8. The zero-order chi connectivity index (χ0) is 25.6. The number of hydrogen-bond donors (Lipinski definition) is 7. The monoisotopic (exact) mass is 500 g/mol. The average Bonchev–Trinajstić information content (AvgIpc) is 3.31. The van der Waals surface area contributed by atoms with Gasteiger partial charge in [0, 0.05) is 6.42 Å². The summed E-state index contributed by atoms with van der Waals surface area (Å²) < 4.78 is 28.3. The van der Waals surface area contributed by atoms with Gasteiger partial charge in [0.25, 0.3) is 0 Å².